The highest BCUT2D eigenvalue weighted by Gasteiger charge is 2.98. The van der Waals surface area contributed by atoms with Gasteiger partial charge in [0.15, 0.2) is 11.8 Å². The second-order valence-electron chi connectivity index (χ2n) is 20.1. The first-order chi connectivity index (χ1) is 31.7. The molecule has 14 nitrogen and oxygen atoms in total. The molecule has 66 heavy (non-hydrogen) atoms. The molecule has 1 aliphatic carbocycles. The van der Waals surface area contributed by atoms with Gasteiger partial charge in [0.05, 0.1) is 32.3 Å². The fraction of sp³-hybridized carbons (Fsp3) is 0.519. The number of phenolic OH excluding ortho intramolecular Hbond substituents is 1. The molecule has 2 spiro atoms. The number of benzene rings is 3. The summed E-state index contributed by atoms with van der Waals surface area (Å²) in [4.78, 5) is 54.1. The van der Waals surface area contributed by atoms with Gasteiger partial charge in [-0.1, -0.05) is 44.2 Å². The van der Waals surface area contributed by atoms with Crippen LogP contribution in [0.4, 0.5) is 5.69 Å². The van der Waals surface area contributed by atoms with Crippen LogP contribution in [0.5, 0.6) is 11.5 Å². The maximum absolute atomic E-state index is 15.7. The van der Waals surface area contributed by atoms with Crippen LogP contribution < -0.4 is 9.64 Å². The van der Waals surface area contributed by atoms with Crippen LogP contribution in [0.25, 0.3) is 22.0 Å². The number of methoxy groups -OCH3 is 3. The number of carbonyl (C=O) groups excluding carboxylic acids is 3. The van der Waals surface area contributed by atoms with Crippen molar-refractivity contribution in [2.75, 3.05) is 66.0 Å². The molecule has 14 heteroatoms. The molecule has 0 radical (unpaired) electrons. The van der Waals surface area contributed by atoms with Crippen LogP contribution in [-0.2, 0) is 50.6 Å². The summed E-state index contributed by atoms with van der Waals surface area (Å²) < 4.78 is 31.7. The summed E-state index contributed by atoms with van der Waals surface area (Å²) in [6.07, 6.45) is 6.34. The number of carbonyl (C=O) groups is 3. The molecule has 4 aromatic rings. The predicted molar refractivity (Wildman–Crippen MR) is 245 cm³/mol. The number of aliphatic hydroxyl groups is 1. The Morgan fingerprint density at radius 1 is 0.939 bits per heavy atom. The number of anilines is 1. The highest BCUT2D eigenvalue weighted by Crippen LogP contribution is 2.80. The van der Waals surface area contributed by atoms with Gasteiger partial charge in [-0.25, -0.2) is 4.79 Å². The normalized spacial score (nSPS) is 35.8. The van der Waals surface area contributed by atoms with E-state index in [-0.39, 0.29) is 17.7 Å². The largest absolute Gasteiger partial charge is 0.508 e. The third-order valence-corrected chi connectivity index (χ3v) is 17.3. The fourth-order valence-electron chi connectivity index (χ4n) is 14.8. The molecule has 348 valence electrons. The zero-order valence-corrected chi connectivity index (χ0v) is 38.9. The van der Waals surface area contributed by atoms with Crippen molar-refractivity contribution in [1.82, 2.24) is 14.8 Å². The highest BCUT2D eigenvalue weighted by molar-refractivity contribution is 5.97. The van der Waals surface area contributed by atoms with Crippen LogP contribution in [0.3, 0.4) is 0 Å². The number of phenols is 1. The monoisotopic (exact) mass is 900 g/mol. The lowest BCUT2D eigenvalue weighted by atomic mass is 9.49. The molecule has 7 aliphatic rings. The van der Waals surface area contributed by atoms with Crippen LogP contribution in [0, 0.1) is 11.3 Å². The van der Waals surface area contributed by atoms with E-state index >= 15 is 4.79 Å². The van der Waals surface area contributed by atoms with Crippen LogP contribution >= 0.6 is 0 Å². The Labute approximate surface area is 384 Å². The van der Waals surface area contributed by atoms with E-state index in [2.05, 4.69) is 46.0 Å². The van der Waals surface area contributed by atoms with Crippen molar-refractivity contribution in [1.29, 1.82) is 0 Å². The fourth-order valence-corrected chi connectivity index (χ4v) is 14.8. The molecule has 10 atom stereocenters. The zero-order chi connectivity index (χ0) is 46.3. The summed E-state index contributed by atoms with van der Waals surface area (Å²) >= 11 is 0. The number of epoxide rings is 1. The second kappa shape index (κ2) is 14.5. The van der Waals surface area contributed by atoms with Gasteiger partial charge in [-0.2, -0.15) is 0 Å². The molecule has 3 aromatic carbocycles. The van der Waals surface area contributed by atoms with Gasteiger partial charge in [0.25, 0.3) is 5.60 Å². The average molecular weight is 901 g/mol. The molecular formula is C52H60N4O10. The smallest absolute Gasteiger partial charge is 0.347 e. The van der Waals surface area contributed by atoms with E-state index in [9.17, 15) is 19.8 Å². The van der Waals surface area contributed by atoms with Gasteiger partial charge in [0.2, 0.25) is 0 Å². The average Bonchev–Trinajstić information content (AvgIpc) is 3.56. The van der Waals surface area contributed by atoms with Gasteiger partial charge >= 0.3 is 17.9 Å². The molecule has 1 aromatic heterocycles. The number of ether oxygens (including phenoxy) is 5. The molecule has 2 bridgehead atoms. The van der Waals surface area contributed by atoms with E-state index in [1.807, 2.05) is 49.2 Å². The van der Waals surface area contributed by atoms with Crippen LogP contribution in [0.2, 0.25) is 0 Å². The molecule has 11 rings (SSSR count). The maximum atomic E-state index is 15.7. The number of aromatic nitrogens is 1. The number of hydrogen-bond donors (Lipinski definition) is 3. The number of H-pyrrole nitrogens is 1. The number of likely N-dealkylation sites (N-methyl/N-ethyl adjacent to an activating group) is 1. The van der Waals surface area contributed by atoms with Gasteiger partial charge in [0.1, 0.15) is 16.9 Å². The molecule has 1 unspecified atom stereocenters. The van der Waals surface area contributed by atoms with Crippen molar-refractivity contribution in [3.8, 4) is 22.6 Å². The quantitative estimate of drug-likeness (QED) is 0.0851. The van der Waals surface area contributed by atoms with Crippen molar-refractivity contribution in [3.05, 3.63) is 89.1 Å². The van der Waals surface area contributed by atoms with Gasteiger partial charge in [-0.3, -0.25) is 19.4 Å². The molecule has 7 heterocycles. The molecule has 0 amide bonds. The van der Waals surface area contributed by atoms with Crippen LogP contribution in [0.15, 0.2) is 66.7 Å². The Hall–Kier alpha value is -5.41. The van der Waals surface area contributed by atoms with Crippen LogP contribution in [0.1, 0.15) is 75.3 Å². The number of aromatic amines is 1. The minimum absolute atomic E-state index is 0.135. The number of piperidine rings is 1. The lowest BCUT2D eigenvalue weighted by Crippen LogP contribution is -2.75. The van der Waals surface area contributed by atoms with E-state index in [4.69, 9.17) is 23.7 Å². The summed E-state index contributed by atoms with van der Waals surface area (Å²) in [7, 11) is 6.34. The summed E-state index contributed by atoms with van der Waals surface area (Å²) in [5.41, 5.74) is -0.586. The Morgan fingerprint density at radius 2 is 1.73 bits per heavy atom. The van der Waals surface area contributed by atoms with Gasteiger partial charge in [0, 0.05) is 85.5 Å². The zero-order valence-electron chi connectivity index (χ0n) is 38.9. The van der Waals surface area contributed by atoms with E-state index in [0.717, 1.165) is 38.8 Å². The maximum Gasteiger partial charge on any atom is 0.347 e. The van der Waals surface area contributed by atoms with Gasteiger partial charge < -0.3 is 43.8 Å². The van der Waals surface area contributed by atoms with E-state index < -0.39 is 57.2 Å². The third kappa shape index (κ3) is 5.24. The molecular weight excluding hydrogens is 841 g/mol. The van der Waals surface area contributed by atoms with E-state index in [1.165, 1.54) is 21.1 Å². The minimum Gasteiger partial charge on any atom is -0.508 e. The van der Waals surface area contributed by atoms with E-state index in [0.29, 0.717) is 88.3 Å². The van der Waals surface area contributed by atoms with Crippen LogP contribution in [-0.4, -0.2) is 133 Å². The number of nitrogens with one attached hydrogen (secondary N) is 1. The number of fused-ring (bicyclic) bond motifs is 6. The number of rotatable bonds is 8. The van der Waals surface area contributed by atoms with Crippen molar-refractivity contribution >= 4 is 34.5 Å². The first-order valence-corrected chi connectivity index (χ1v) is 23.5. The predicted octanol–water partition coefficient (Wildman–Crippen LogP) is 5.73. The Bertz CT molecular complexity index is 2750. The summed E-state index contributed by atoms with van der Waals surface area (Å²) in [6, 6.07) is 17.2. The molecule has 3 N–H and O–H groups in total. The Balaban J connectivity index is 1.21. The SMILES string of the molecule is CC[C@]1(O)C[C@H]2CN(CCc3c([nH]c4ccc(-c5cccc(O)c5)cc34)[C@@](C(=O)OC)(c3cc4c(cc3OC)N(C)[C@@]35O[C@]3(C(=O)OC)[C@H](OC(C)=O)[C@]3(CC)C=CCN6CC[C@]45[C@@H]63)C2)C1. The number of esters is 3. The molecule has 3 saturated heterocycles. The second-order valence-corrected chi connectivity index (χ2v) is 20.1. The lowest BCUT2D eigenvalue weighted by Gasteiger charge is -2.58. The number of nitrogens with zero attached hydrogens (tertiary/aromatic N) is 3. The summed E-state index contributed by atoms with van der Waals surface area (Å²) in [5.74, 6) is -1.08. The van der Waals surface area contributed by atoms with Crippen molar-refractivity contribution in [2.45, 2.75) is 99.2 Å². The first kappa shape index (κ1) is 43.2. The van der Waals surface area contributed by atoms with Crippen molar-refractivity contribution < 1.29 is 48.3 Å². The first-order valence-electron chi connectivity index (χ1n) is 23.5. The Kier molecular flexibility index (Phi) is 9.52. The van der Waals surface area contributed by atoms with Crippen molar-refractivity contribution in [3.63, 3.8) is 0 Å². The highest BCUT2D eigenvalue weighted by atomic mass is 16.7. The molecule has 1 saturated carbocycles. The van der Waals surface area contributed by atoms with Gasteiger partial charge in [-0.05, 0) is 104 Å². The lowest BCUT2D eigenvalue weighted by molar-refractivity contribution is -0.178. The van der Waals surface area contributed by atoms with Gasteiger partial charge in [-0.15, -0.1) is 0 Å². The van der Waals surface area contributed by atoms with Crippen molar-refractivity contribution in [2.24, 2.45) is 11.3 Å². The minimum atomic E-state index is -1.69. The Morgan fingerprint density at radius 3 is 2.44 bits per heavy atom. The third-order valence-electron chi connectivity index (χ3n) is 17.3. The molecule has 6 aliphatic heterocycles. The van der Waals surface area contributed by atoms with E-state index in [1.54, 1.807) is 19.2 Å². The summed E-state index contributed by atoms with van der Waals surface area (Å²) in [5, 5.41) is 23.6. The summed E-state index contributed by atoms with van der Waals surface area (Å²) in [6.45, 7) is 8.68. The topological polar surface area (TPSA) is 167 Å². The number of aromatic hydroxyl groups is 1. The number of hydrogen-bond acceptors (Lipinski definition) is 13. The standard InChI is InChI=1S/C52H60N4O10/c1-8-47(61)26-31-27-49(45(59)63-6,42-35(16-20-55(28-31)29-47)36-23-33(14-15-39(36)53-42)32-12-10-13-34(58)22-32)38-24-37-40(25-41(38)62-5)54(4)52-50(37)18-21-56-19-11-17-48(9-2,43(50)56)44(65-30(3)57)51(52,66-52)46(60)64-7/h10-15,17,22-25,31,43-44,53,58,61H,8-9,16,18-21,26-29H2,1-7H3/t31-,43+,44-,47+,48-,49+,50-,51+,52+/m1/s1. The molecule has 4 fully saturated rings.